The molecule has 0 saturated heterocycles. The van der Waals surface area contributed by atoms with Crippen molar-refractivity contribution in [2.75, 3.05) is 29.6 Å². The van der Waals surface area contributed by atoms with Crippen LogP contribution in [-0.2, 0) is 9.84 Å². The number of rotatable bonds is 7. The van der Waals surface area contributed by atoms with Gasteiger partial charge in [-0.25, -0.2) is 18.4 Å². The number of aryl methyl sites for hydroxylation is 1. The molecule has 3 aromatic carbocycles. The largest absolute Gasteiger partial charge is 0.372 e. The standard InChI is InChI=1S/C26H28N4O2S/c1-5-30(6-2)21-12-10-20(11-13-21)27-26-23-16-7-18(3)17-24(23)28-25(29-26)19-8-14-22(15-9-19)33(4,31)32/h7-17H,5-6H2,1-4H3,(H,27,28,29). The van der Waals surface area contributed by atoms with Crippen LogP contribution in [0.2, 0.25) is 0 Å². The molecular formula is C26H28N4O2S. The van der Waals surface area contributed by atoms with E-state index in [1.165, 1.54) is 11.9 Å². The Morgan fingerprint density at radius 1 is 0.879 bits per heavy atom. The minimum absolute atomic E-state index is 0.273. The van der Waals surface area contributed by atoms with Gasteiger partial charge in [0.1, 0.15) is 5.82 Å². The maximum atomic E-state index is 11.8. The third-order valence-electron chi connectivity index (χ3n) is 5.65. The van der Waals surface area contributed by atoms with Crippen LogP contribution in [0.5, 0.6) is 0 Å². The number of aromatic nitrogens is 2. The second kappa shape index (κ2) is 9.19. The lowest BCUT2D eigenvalue weighted by atomic mass is 10.1. The summed E-state index contributed by atoms with van der Waals surface area (Å²) >= 11 is 0. The Kier molecular flexibility index (Phi) is 6.33. The van der Waals surface area contributed by atoms with Crippen molar-refractivity contribution in [2.45, 2.75) is 25.7 Å². The molecule has 4 aromatic rings. The number of hydrogen-bond donors (Lipinski definition) is 1. The number of hydrogen-bond acceptors (Lipinski definition) is 6. The second-order valence-corrected chi connectivity index (χ2v) is 10.1. The van der Waals surface area contributed by atoms with Gasteiger partial charge in [-0.15, -0.1) is 0 Å². The normalized spacial score (nSPS) is 11.5. The smallest absolute Gasteiger partial charge is 0.175 e. The van der Waals surface area contributed by atoms with Crippen LogP contribution in [0.4, 0.5) is 17.2 Å². The van der Waals surface area contributed by atoms with Gasteiger partial charge in [0.15, 0.2) is 15.7 Å². The van der Waals surface area contributed by atoms with Crippen LogP contribution in [0.15, 0.2) is 71.6 Å². The molecular weight excluding hydrogens is 432 g/mol. The Bertz CT molecular complexity index is 1380. The molecule has 0 spiro atoms. The van der Waals surface area contributed by atoms with Crippen molar-refractivity contribution in [3.8, 4) is 11.4 Å². The maximum absolute atomic E-state index is 11.8. The van der Waals surface area contributed by atoms with Gasteiger partial charge in [-0.05, 0) is 87.0 Å². The van der Waals surface area contributed by atoms with Crippen LogP contribution in [0.25, 0.3) is 22.3 Å². The minimum Gasteiger partial charge on any atom is -0.372 e. The quantitative estimate of drug-likeness (QED) is 0.387. The molecule has 1 aromatic heterocycles. The van der Waals surface area contributed by atoms with Gasteiger partial charge in [0.2, 0.25) is 0 Å². The van der Waals surface area contributed by atoms with Crippen LogP contribution in [-0.4, -0.2) is 37.7 Å². The van der Waals surface area contributed by atoms with E-state index in [4.69, 9.17) is 9.97 Å². The first-order chi connectivity index (χ1) is 15.8. The summed E-state index contributed by atoms with van der Waals surface area (Å²) in [7, 11) is -3.26. The topological polar surface area (TPSA) is 75.2 Å². The van der Waals surface area contributed by atoms with Crippen molar-refractivity contribution in [2.24, 2.45) is 0 Å². The predicted molar refractivity (Wildman–Crippen MR) is 136 cm³/mol. The summed E-state index contributed by atoms with van der Waals surface area (Å²) in [5.41, 5.74) is 4.81. The number of fused-ring (bicyclic) bond motifs is 1. The van der Waals surface area contributed by atoms with E-state index in [1.54, 1.807) is 24.3 Å². The molecule has 0 unspecified atom stereocenters. The Labute approximate surface area is 195 Å². The lowest BCUT2D eigenvalue weighted by molar-refractivity contribution is 0.602. The van der Waals surface area contributed by atoms with Crippen LogP contribution in [0.3, 0.4) is 0 Å². The first kappa shape index (κ1) is 22.7. The number of sulfone groups is 1. The average molecular weight is 461 g/mol. The fraction of sp³-hybridized carbons (Fsp3) is 0.231. The van der Waals surface area contributed by atoms with E-state index in [2.05, 4.69) is 48.3 Å². The average Bonchev–Trinajstić information content (AvgIpc) is 2.80. The summed E-state index contributed by atoms with van der Waals surface area (Å²) in [6.07, 6.45) is 1.20. The van der Waals surface area contributed by atoms with Crippen LogP contribution in [0.1, 0.15) is 19.4 Å². The maximum Gasteiger partial charge on any atom is 0.175 e. The molecule has 0 amide bonds. The van der Waals surface area contributed by atoms with Gasteiger partial charge in [0.05, 0.1) is 10.4 Å². The van der Waals surface area contributed by atoms with Crippen molar-refractivity contribution in [3.05, 3.63) is 72.3 Å². The van der Waals surface area contributed by atoms with Gasteiger partial charge in [0, 0.05) is 41.7 Å². The Hall–Kier alpha value is -3.45. The molecule has 0 radical (unpaired) electrons. The van der Waals surface area contributed by atoms with E-state index < -0.39 is 9.84 Å². The van der Waals surface area contributed by atoms with Crippen LogP contribution < -0.4 is 10.2 Å². The van der Waals surface area contributed by atoms with Crippen molar-refractivity contribution >= 4 is 37.9 Å². The van der Waals surface area contributed by atoms with E-state index in [-0.39, 0.29) is 4.90 Å². The molecule has 0 saturated carbocycles. The van der Waals surface area contributed by atoms with Crippen molar-refractivity contribution < 1.29 is 8.42 Å². The monoisotopic (exact) mass is 460 g/mol. The molecule has 33 heavy (non-hydrogen) atoms. The molecule has 1 heterocycles. The molecule has 0 aliphatic heterocycles. The molecule has 4 rings (SSSR count). The summed E-state index contributed by atoms with van der Waals surface area (Å²) in [6.45, 7) is 8.24. The van der Waals surface area contributed by atoms with Gasteiger partial charge in [-0.2, -0.15) is 0 Å². The third kappa shape index (κ3) is 4.98. The van der Waals surface area contributed by atoms with Gasteiger partial charge in [0.25, 0.3) is 0 Å². The van der Waals surface area contributed by atoms with E-state index in [9.17, 15) is 8.42 Å². The minimum atomic E-state index is -3.26. The van der Waals surface area contributed by atoms with Crippen molar-refractivity contribution in [1.82, 2.24) is 9.97 Å². The Morgan fingerprint density at radius 3 is 2.15 bits per heavy atom. The highest BCUT2D eigenvalue weighted by molar-refractivity contribution is 7.90. The van der Waals surface area contributed by atoms with Gasteiger partial charge < -0.3 is 10.2 Å². The summed E-state index contributed by atoms with van der Waals surface area (Å²) in [4.78, 5) is 12.1. The second-order valence-electron chi connectivity index (χ2n) is 8.06. The lowest BCUT2D eigenvalue weighted by Crippen LogP contribution is -2.21. The van der Waals surface area contributed by atoms with Crippen LogP contribution in [0, 0.1) is 6.92 Å². The summed E-state index contributed by atoms with van der Waals surface area (Å²) in [5.74, 6) is 1.24. The predicted octanol–water partition coefficient (Wildman–Crippen LogP) is 5.60. The summed E-state index contributed by atoms with van der Waals surface area (Å²) in [6, 6.07) is 21.1. The zero-order chi connectivity index (χ0) is 23.6. The van der Waals surface area contributed by atoms with Gasteiger partial charge in [-0.1, -0.05) is 6.07 Å². The van der Waals surface area contributed by atoms with Crippen molar-refractivity contribution in [3.63, 3.8) is 0 Å². The van der Waals surface area contributed by atoms with E-state index in [0.717, 1.165) is 40.8 Å². The number of nitrogens with zero attached hydrogens (tertiary/aromatic N) is 3. The molecule has 1 N–H and O–H groups in total. The highest BCUT2D eigenvalue weighted by Crippen LogP contribution is 2.29. The van der Waals surface area contributed by atoms with Gasteiger partial charge >= 0.3 is 0 Å². The molecule has 0 fully saturated rings. The number of benzene rings is 3. The molecule has 7 heteroatoms. The number of anilines is 3. The highest BCUT2D eigenvalue weighted by atomic mass is 32.2. The molecule has 0 atom stereocenters. The van der Waals surface area contributed by atoms with E-state index >= 15 is 0 Å². The molecule has 0 bridgehead atoms. The van der Waals surface area contributed by atoms with Crippen LogP contribution >= 0.6 is 0 Å². The number of nitrogens with one attached hydrogen (secondary N) is 1. The molecule has 170 valence electrons. The fourth-order valence-corrected chi connectivity index (χ4v) is 4.43. The summed E-state index contributed by atoms with van der Waals surface area (Å²) < 4.78 is 23.6. The third-order valence-corrected chi connectivity index (χ3v) is 6.78. The van der Waals surface area contributed by atoms with E-state index in [0.29, 0.717) is 11.6 Å². The zero-order valence-corrected chi connectivity index (χ0v) is 20.1. The molecule has 6 nitrogen and oxygen atoms in total. The zero-order valence-electron chi connectivity index (χ0n) is 19.3. The molecule has 0 aliphatic carbocycles. The molecule has 0 aliphatic rings. The summed E-state index contributed by atoms with van der Waals surface area (Å²) in [5, 5.41) is 4.37. The first-order valence-corrected chi connectivity index (χ1v) is 12.9. The fourth-order valence-electron chi connectivity index (χ4n) is 3.80. The lowest BCUT2D eigenvalue weighted by Gasteiger charge is -2.21. The first-order valence-electron chi connectivity index (χ1n) is 11.0. The Morgan fingerprint density at radius 2 is 1.55 bits per heavy atom. The van der Waals surface area contributed by atoms with Crippen molar-refractivity contribution in [1.29, 1.82) is 0 Å². The Balaban J connectivity index is 1.74. The van der Waals surface area contributed by atoms with E-state index in [1.807, 2.05) is 25.1 Å². The SMILES string of the molecule is CCN(CC)c1ccc(Nc2nc(-c3ccc(S(C)(=O)=O)cc3)nc3cc(C)ccc23)cc1. The van der Waals surface area contributed by atoms with Gasteiger partial charge in [-0.3, -0.25) is 0 Å². The highest BCUT2D eigenvalue weighted by Gasteiger charge is 2.12.